The van der Waals surface area contributed by atoms with E-state index in [2.05, 4.69) is 16.0 Å². The lowest BCUT2D eigenvalue weighted by Crippen LogP contribution is -2.30. The van der Waals surface area contributed by atoms with E-state index in [9.17, 15) is 14.4 Å². The second kappa shape index (κ2) is 10.2. The van der Waals surface area contributed by atoms with Gasteiger partial charge in [-0.15, -0.1) is 0 Å². The highest BCUT2D eigenvalue weighted by Gasteiger charge is 2.19. The standard InChI is InChI=1S/C25H25N3O3/c1-17-9-8-12-20(15-17)27-25(31)21-13-6-7-14-22(21)28-24(30)16-23(26-18(2)29)19-10-4-3-5-11-19/h3-15,23H,16H2,1-2H3,(H,26,29)(H,27,31)(H,28,30). The predicted octanol–water partition coefficient (Wildman–Crippen LogP) is 4.45. The quantitative estimate of drug-likeness (QED) is 0.533. The van der Waals surface area contributed by atoms with Crippen LogP contribution in [0.25, 0.3) is 0 Å². The van der Waals surface area contributed by atoms with Gasteiger partial charge in [0.15, 0.2) is 0 Å². The van der Waals surface area contributed by atoms with E-state index in [1.165, 1.54) is 6.92 Å². The third kappa shape index (κ3) is 6.27. The van der Waals surface area contributed by atoms with Crippen molar-refractivity contribution in [3.8, 4) is 0 Å². The Kier molecular flexibility index (Phi) is 7.17. The Morgan fingerprint density at radius 2 is 1.55 bits per heavy atom. The zero-order valence-corrected chi connectivity index (χ0v) is 17.5. The van der Waals surface area contributed by atoms with Gasteiger partial charge >= 0.3 is 0 Å². The normalized spacial score (nSPS) is 11.3. The van der Waals surface area contributed by atoms with Crippen molar-refractivity contribution in [2.45, 2.75) is 26.3 Å². The van der Waals surface area contributed by atoms with Crippen molar-refractivity contribution >= 4 is 29.1 Å². The van der Waals surface area contributed by atoms with Crippen LogP contribution in [0.2, 0.25) is 0 Å². The van der Waals surface area contributed by atoms with Crippen LogP contribution in [0.5, 0.6) is 0 Å². The highest BCUT2D eigenvalue weighted by Crippen LogP contribution is 2.21. The molecule has 6 heteroatoms. The smallest absolute Gasteiger partial charge is 0.257 e. The highest BCUT2D eigenvalue weighted by molar-refractivity contribution is 6.10. The van der Waals surface area contributed by atoms with Gasteiger partial charge in [0, 0.05) is 12.6 Å². The first-order valence-electron chi connectivity index (χ1n) is 10.0. The van der Waals surface area contributed by atoms with E-state index < -0.39 is 6.04 Å². The molecular formula is C25H25N3O3. The van der Waals surface area contributed by atoms with Crippen LogP contribution in [0.15, 0.2) is 78.9 Å². The fourth-order valence-corrected chi connectivity index (χ4v) is 3.28. The number of para-hydroxylation sites is 1. The molecule has 3 rings (SSSR count). The van der Waals surface area contributed by atoms with Crippen molar-refractivity contribution in [2.75, 3.05) is 10.6 Å². The molecule has 6 nitrogen and oxygen atoms in total. The minimum atomic E-state index is -0.466. The second-order valence-corrected chi connectivity index (χ2v) is 7.29. The van der Waals surface area contributed by atoms with Gasteiger partial charge in [-0.2, -0.15) is 0 Å². The summed E-state index contributed by atoms with van der Waals surface area (Å²) >= 11 is 0. The summed E-state index contributed by atoms with van der Waals surface area (Å²) in [6.07, 6.45) is 0.0391. The topological polar surface area (TPSA) is 87.3 Å². The number of nitrogens with one attached hydrogen (secondary N) is 3. The van der Waals surface area contributed by atoms with E-state index >= 15 is 0 Å². The van der Waals surface area contributed by atoms with E-state index in [0.29, 0.717) is 16.9 Å². The molecular weight excluding hydrogens is 390 g/mol. The fraction of sp³-hybridized carbons (Fsp3) is 0.160. The Labute approximate surface area is 181 Å². The monoisotopic (exact) mass is 415 g/mol. The van der Waals surface area contributed by atoms with Crippen LogP contribution in [0.3, 0.4) is 0 Å². The first-order chi connectivity index (χ1) is 14.9. The summed E-state index contributed by atoms with van der Waals surface area (Å²) in [5.41, 5.74) is 3.31. The average molecular weight is 415 g/mol. The number of rotatable bonds is 7. The number of benzene rings is 3. The van der Waals surface area contributed by atoms with Crippen LogP contribution < -0.4 is 16.0 Å². The molecule has 0 aromatic heterocycles. The van der Waals surface area contributed by atoms with Crippen LogP contribution in [0.4, 0.5) is 11.4 Å². The van der Waals surface area contributed by atoms with Crippen molar-refractivity contribution in [1.82, 2.24) is 5.32 Å². The van der Waals surface area contributed by atoms with Crippen molar-refractivity contribution in [3.05, 3.63) is 95.6 Å². The van der Waals surface area contributed by atoms with Crippen LogP contribution >= 0.6 is 0 Å². The molecule has 0 aliphatic heterocycles. The second-order valence-electron chi connectivity index (χ2n) is 7.29. The number of carbonyl (C=O) groups excluding carboxylic acids is 3. The van der Waals surface area contributed by atoms with Gasteiger partial charge in [-0.05, 0) is 42.3 Å². The molecule has 0 saturated heterocycles. The van der Waals surface area contributed by atoms with Crippen molar-refractivity contribution in [2.24, 2.45) is 0 Å². The Morgan fingerprint density at radius 1 is 0.839 bits per heavy atom. The lowest BCUT2D eigenvalue weighted by Gasteiger charge is -2.19. The third-order valence-electron chi connectivity index (χ3n) is 4.69. The molecule has 1 atom stereocenters. The van der Waals surface area contributed by atoms with Gasteiger partial charge in [-0.1, -0.05) is 54.6 Å². The van der Waals surface area contributed by atoms with Gasteiger partial charge in [0.05, 0.1) is 23.7 Å². The first-order valence-corrected chi connectivity index (χ1v) is 10.0. The molecule has 0 aliphatic rings. The molecule has 1 unspecified atom stereocenters. The maximum Gasteiger partial charge on any atom is 0.257 e. The van der Waals surface area contributed by atoms with Gasteiger partial charge in [0.2, 0.25) is 11.8 Å². The van der Waals surface area contributed by atoms with Crippen molar-refractivity contribution in [1.29, 1.82) is 0 Å². The summed E-state index contributed by atoms with van der Waals surface area (Å²) in [7, 11) is 0. The molecule has 0 radical (unpaired) electrons. The summed E-state index contributed by atoms with van der Waals surface area (Å²) < 4.78 is 0. The minimum absolute atomic E-state index is 0.0391. The van der Waals surface area contributed by atoms with Crippen molar-refractivity contribution in [3.63, 3.8) is 0 Å². The van der Waals surface area contributed by atoms with E-state index in [1.807, 2.05) is 61.5 Å². The minimum Gasteiger partial charge on any atom is -0.349 e. The third-order valence-corrected chi connectivity index (χ3v) is 4.69. The average Bonchev–Trinajstić information content (AvgIpc) is 2.74. The van der Waals surface area contributed by atoms with Crippen molar-refractivity contribution < 1.29 is 14.4 Å². The molecule has 0 bridgehead atoms. The predicted molar refractivity (Wildman–Crippen MR) is 122 cm³/mol. The summed E-state index contributed by atoms with van der Waals surface area (Å²) in [4.78, 5) is 37.2. The molecule has 0 saturated carbocycles. The molecule has 3 amide bonds. The van der Waals surface area contributed by atoms with Crippen LogP contribution in [-0.4, -0.2) is 17.7 Å². The zero-order chi connectivity index (χ0) is 22.2. The summed E-state index contributed by atoms with van der Waals surface area (Å²) in [6, 6.07) is 23.2. The number of carbonyl (C=O) groups is 3. The number of amides is 3. The molecule has 3 aromatic carbocycles. The van der Waals surface area contributed by atoms with E-state index in [1.54, 1.807) is 24.3 Å². The molecule has 0 heterocycles. The van der Waals surface area contributed by atoms with Gasteiger partial charge in [-0.3, -0.25) is 14.4 Å². The maximum atomic E-state index is 12.8. The van der Waals surface area contributed by atoms with E-state index in [0.717, 1.165) is 11.1 Å². The summed E-state index contributed by atoms with van der Waals surface area (Å²) in [6.45, 7) is 3.36. The zero-order valence-electron chi connectivity index (χ0n) is 17.5. The molecule has 3 N–H and O–H groups in total. The van der Waals surface area contributed by atoms with E-state index in [-0.39, 0.29) is 24.1 Å². The summed E-state index contributed by atoms with van der Waals surface area (Å²) in [5.74, 6) is -0.846. The molecule has 0 spiro atoms. The molecule has 3 aromatic rings. The molecule has 31 heavy (non-hydrogen) atoms. The Balaban J connectivity index is 1.74. The molecule has 0 aliphatic carbocycles. The van der Waals surface area contributed by atoms with Crippen LogP contribution in [-0.2, 0) is 9.59 Å². The molecule has 158 valence electrons. The lowest BCUT2D eigenvalue weighted by atomic mass is 10.0. The van der Waals surface area contributed by atoms with Gasteiger partial charge in [0.1, 0.15) is 0 Å². The van der Waals surface area contributed by atoms with Gasteiger partial charge < -0.3 is 16.0 Å². The first kappa shape index (κ1) is 21.8. The molecule has 0 fully saturated rings. The number of hydrogen-bond acceptors (Lipinski definition) is 3. The Bertz CT molecular complexity index is 1080. The highest BCUT2D eigenvalue weighted by atomic mass is 16.2. The van der Waals surface area contributed by atoms with Crippen LogP contribution in [0.1, 0.15) is 40.9 Å². The lowest BCUT2D eigenvalue weighted by molar-refractivity contribution is -0.120. The van der Waals surface area contributed by atoms with Crippen LogP contribution in [0, 0.1) is 6.92 Å². The largest absolute Gasteiger partial charge is 0.349 e. The van der Waals surface area contributed by atoms with E-state index in [4.69, 9.17) is 0 Å². The van der Waals surface area contributed by atoms with Gasteiger partial charge in [0.25, 0.3) is 5.91 Å². The SMILES string of the molecule is CC(=O)NC(CC(=O)Nc1ccccc1C(=O)Nc1cccc(C)c1)c1ccccc1. The number of anilines is 2. The van der Waals surface area contributed by atoms with Gasteiger partial charge in [-0.25, -0.2) is 0 Å². The number of aryl methyl sites for hydroxylation is 1. The Morgan fingerprint density at radius 3 is 2.26 bits per heavy atom. The Hall–Kier alpha value is -3.93. The fourth-order valence-electron chi connectivity index (χ4n) is 3.28. The number of hydrogen-bond donors (Lipinski definition) is 3. The summed E-state index contributed by atoms with van der Waals surface area (Å²) in [5, 5.41) is 8.48. The maximum absolute atomic E-state index is 12.8.